The average molecular weight is 565 g/mol. The number of hydrogen-bond donors (Lipinski definition) is 2. The van der Waals surface area contributed by atoms with Gasteiger partial charge in [-0.05, 0) is 66.5 Å². The zero-order valence-electron chi connectivity index (χ0n) is 22.0. The first-order valence-corrected chi connectivity index (χ1v) is 14.0. The van der Waals surface area contributed by atoms with Crippen molar-refractivity contribution < 1.29 is 26.3 Å². The number of thiophene rings is 1. The van der Waals surface area contributed by atoms with Crippen LogP contribution >= 0.6 is 11.3 Å². The molecule has 1 saturated heterocycles. The smallest absolute Gasteiger partial charge is 0.265 e. The van der Waals surface area contributed by atoms with Gasteiger partial charge < -0.3 is 25.0 Å². The number of benzene rings is 3. The van der Waals surface area contributed by atoms with Gasteiger partial charge in [0.25, 0.3) is 11.8 Å². The molecular weight excluding hydrogens is 531 g/mol. The average Bonchev–Trinajstić information content (AvgIpc) is 3.39. The van der Waals surface area contributed by atoms with Crippen molar-refractivity contribution in [2.24, 2.45) is 0 Å². The number of carbonyl (C=O) groups excluding carboxylic acids is 2. The second kappa shape index (κ2) is 11.2. The van der Waals surface area contributed by atoms with Crippen molar-refractivity contribution in [3.63, 3.8) is 0 Å². The van der Waals surface area contributed by atoms with Gasteiger partial charge in [-0.1, -0.05) is 12.1 Å². The number of rotatable bonds is 6. The van der Waals surface area contributed by atoms with Gasteiger partial charge >= 0.3 is 0 Å². The highest BCUT2D eigenvalue weighted by Gasteiger charge is 2.18. The molecule has 10 heteroatoms. The van der Waals surface area contributed by atoms with Gasteiger partial charge in [0, 0.05) is 51.5 Å². The number of anilines is 2. The Hall–Kier alpha value is -3.99. The molecule has 6 rings (SSSR count). The van der Waals surface area contributed by atoms with Crippen molar-refractivity contribution in [1.29, 1.82) is 0 Å². The minimum atomic E-state index is -0.596. The third-order valence-electron chi connectivity index (χ3n) is 7.09. The summed E-state index contributed by atoms with van der Waals surface area (Å²) in [6, 6.07) is 17.1. The number of ether oxygens (including phenoxy) is 2. The number of halogens is 1. The largest absolute Gasteiger partial charge is 0.486 e. The van der Waals surface area contributed by atoms with Crippen molar-refractivity contribution in [2.75, 3.05) is 57.1 Å². The summed E-state index contributed by atoms with van der Waals surface area (Å²) in [7, 11) is 2.14. The van der Waals surface area contributed by atoms with E-state index in [1.54, 1.807) is 18.2 Å². The number of carbonyl (C=O) groups is 2. The van der Waals surface area contributed by atoms with E-state index in [0.717, 1.165) is 42.8 Å². The van der Waals surface area contributed by atoms with Crippen LogP contribution in [0.15, 0.2) is 60.7 Å². The molecule has 210 valence electrons. The van der Waals surface area contributed by atoms with E-state index < -0.39 is 17.6 Å². The molecule has 3 heterocycles. The van der Waals surface area contributed by atoms with Gasteiger partial charge in [-0.3, -0.25) is 14.5 Å². The van der Waals surface area contributed by atoms with Crippen LogP contribution in [0, 0.1) is 5.82 Å². The first-order chi connectivity index (χ1) is 19.4. The van der Waals surface area contributed by atoms with E-state index in [1.165, 1.54) is 35.1 Å². The summed E-state index contributed by atoms with van der Waals surface area (Å²) < 4.78 is 26.7. The molecule has 40 heavy (non-hydrogen) atoms. The van der Waals surface area contributed by atoms with E-state index in [0.29, 0.717) is 40.8 Å². The minimum Gasteiger partial charge on any atom is -0.486 e. The summed E-state index contributed by atoms with van der Waals surface area (Å²) in [5.74, 6) is -0.308. The van der Waals surface area contributed by atoms with Crippen molar-refractivity contribution in [3.8, 4) is 11.5 Å². The fraction of sp³-hybridized carbons (Fsp3) is 0.267. The molecule has 0 atom stereocenters. The number of nitrogens with one attached hydrogen (secondary N) is 2. The third-order valence-corrected chi connectivity index (χ3v) is 8.18. The SMILES string of the molecule is CN1CCN(Cc2ccc3cc(C(=O)Nc4cc(NC(=O)c5ccc6c(c5)OCCO6)ccc4F)sc3c2)CC1.[HH].[HH]. The molecular formula is C30H33FN4O4S. The van der Waals surface area contributed by atoms with E-state index >= 15 is 0 Å². The highest BCUT2D eigenvalue weighted by atomic mass is 32.1. The Morgan fingerprint density at radius 2 is 1.70 bits per heavy atom. The van der Waals surface area contributed by atoms with Crippen molar-refractivity contribution >= 4 is 44.6 Å². The van der Waals surface area contributed by atoms with E-state index in [2.05, 4.69) is 39.6 Å². The third kappa shape index (κ3) is 5.79. The molecule has 1 fully saturated rings. The summed E-state index contributed by atoms with van der Waals surface area (Å²) in [4.78, 5) is 31.1. The number of fused-ring (bicyclic) bond motifs is 2. The lowest BCUT2D eigenvalue weighted by Gasteiger charge is -2.32. The minimum absolute atomic E-state index is 0. The number of likely N-dealkylation sites (N-methyl/N-ethyl adjacent to an activating group) is 1. The number of nitrogens with zero attached hydrogens (tertiary/aromatic N) is 2. The molecule has 2 aliphatic rings. The summed E-state index contributed by atoms with van der Waals surface area (Å²) in [6.07, 6.45) is 0. The first kappa shape index (κ1) is 26.2. The Balaban J connectivity index is 0.00000202. The van der Waals surface area contributed by atoms with E-state index in [-0.39, 0.29) is 8.54 Å². The molecule has 0 bridgehead atoms. The van der Waals surface area contributed by atoms with Crippen LogP contribution < -0.4 is 20.1 Å². The topological polar surface area (TPSA) is 83.1 Å². The van der Waals surface area contributed by atoms with Crippen LogP contribution in [-0.2, 0) is 6.54 Å². The maximum Gasteiger partial charge on any atom is 0.265 e. The second-order valence-electron chi connectivity index (χ2n) is 10.0. The summed E-state index contributed by atoms with van der Waals surface area (Å²) >= 11 is 1.38. The van der Waals surface area contributed by atoms with Crippen LogP contribution in [0.1, 0.15) is 28.4 Å². The Bertz CT molecular complexity index is 1590. The summed E-state index contributed by atoms with van der Waals surface area (Å²) in [6.45, 7) is 5.94. The maximum atomic E-state index is 14.6. The van der Waals surface area contributed by atoms with E-state index in [9.17, 15) is 14.0 Å². The standard InChI is InChI=1S/C30H29FN4O4S.2H2/c1-34-8-10-35(11-9-34)18-19-2-3-20-16-28(40-27(20)14-19)30(37)33-24-17-22(5-6-23(24)31)32-29(36)21-4-7-25-26(15-21)39-13-12-38-25;;/h2-7,14-17H,8-13,18H2,1H3,(H,32,36)(H,33,37);2*1H. The van der Waals surface area contributed by atoms with Crippen LogP contribution in [0.25, 0.3) is 10.1 Å². The van der Waals surface area contributed by atoms with Gasteiger partial charge in [0.05, 0.1) is 10.6 Å². The predicted molar refractivity (Wildman–Crippen MR) is 159 cm³/mol. The fourth-order valence-electron chi connectivity index (χ4n) is 4.82. The van der Waals surface area contributed by atoms with Gasteiger partial charge in [-0.2, -0.15) is 0 Å². The molecule has 8 nitrogen and oxygen atoms in total. The van der Waals surface area contributed by atoms with Crippen LogP contribution in [-0.4, -0.2) is 68.1 Å². The normalized spacial score (nSPS) is 15.7. The molecule has 0 saturated carbocycles. The molecule has 0 unspecified atom stereocenters. The Kier molecular flexibility index (Phi) is 7.38. The lowest BCUT2D eigenvalue weighted by atomic mass is 10.1. The Morgan fingerprint density at radius 1 is 0.900 bits per heavy atom. The maximum absolute atomic E-state index is 14.6. The molecule has 1 aromatic heterocycles. The predicted octanol–water partition coefficient (Wildman–Crippen LogP) is 5.56. The molecule has 3 aromatic carbocycles. The first-order valence-electron chi connectivity index (χ1n) is 13.2. The van der Waals surface area contributed by atoms with E-state index in [1.807, 2.05) is 12.1 Å². The number of hydrogen-bond acceptors (Lipinski definition) is 7. The molecule has 2 aliphatic heterocycles. The van der Waals surface area contributed by atoms with Crippen molar-refractivity contribution in [1.82, 2.24) is 9.80 Å². The zero-order valence-corrected chi connectivity index (χ0v) is 22.9. The van der Waals surface area contributed by atoms with Gasteiger partial charge in [-0.25, -0.2) is 4.39 Å². The van der Waals surface area contributed by atoms with Gasteiger partial charge in [0.1, 0.15) is 19.0 Å². The fourth-order valence-corrected chi connectivity index (χ4v) is 5.84. The van der Waals surface area contributed by atoms with Crippen molar-refractivity contribution in [2.45, 2.75) is 6.54 Å². The Labute approximate surface area is 238 Å². The van der Waals surface area contributed by atoms with Crippen molar-refractivity contribution in [3.05, 3.63) is 82.5 Å². The highest BCUT2D eigenvalue weighted by Crippen LogP contribution is 2.32. The lowest BCUT2D eigenvalue weighted by molar-refractivity contribution is 0.102. The summed E-state index contributed by atoms with van der Waals surface area (Å²) in [5, 5.41) is 6.38. The van der Waals surface area contributed by atoms with Crippen LogP contribution in [0.5, 0.6) is 11.5 Å². The van der Waals surface area contributed by atoms with Gasteiger partial charge in [0.15, 0.2) is 11.5 Å². The molecule has 2 N–H and O–H groups in total. The molecule has 0 radical (unpaired) electrons. The molecule has 0 aliphatic carbocycles. The lowest BCUT2D eigenvalue weighted by Crippen LogP contribution is -2.43. The molecule has 2 amide bonds. The number of piperazine rings is 1. The molecule has 4 aromatic rings. The van der Waals surface area contributed by atoms with Crippen LogP contribution in [0.3, 0.4) is 0 Å². The number of amides is 2. The van der Waals surface area contributed by atoms with Gasteiger partial charge in [-0.15, -0.1) is 11.3 Å². The summed E-state index contributed by atoms with van der Waals surface area (Å²) in [5.41, 5.74) is 1.91. The quantitative estimate of drug-likeness (QED) is 0.319. The van der Waals surface area contributed by atoms with Crippen LogP contribution in [0.4, 0.5) is 15.8 Å². The van der Waals surface area contributed by atoms with E-state index in [4.69, 9.17) is 9.47 Å². The molecule has 0 spiro atoms. The van der Waals surface area contributed by atoms with Crippen LogP contribution in [0.2, 0.25) is 0 Å². The second-order valence-corrected chi connectivity index (χ2v) is 11.1. The van der Waals surface area contributed by atoms with Gasteiger partial charge in [0.2, 0.25) is 0 Å². The highest BCUT2D eigenvalue weighted by molar-refractivity contribution is 7.20. The monoisotopic (exact) mass is 564 g/mol. The zero-order chi connectivity index (χ0) is 27.6. The Morgan fingerprint density at radius 3 is 2.52 bits per heavy atom.